The Labute approximate surface area is 109 Å². The number of nitrogens with zero attached hydrogens (tertiary/aromatic N) is 2. The van der Waals surface area contributed by atoms with E-state index in [9.17, 15) is 9.90 Å². The van der Waals surface area contributed by atoms with Crippen LogP contribution in [0.3, 0.4) is 0 Å². The molecule has 92 valence electrons. The van der Waals surface area contributed by atoms with Gasteiger partial charge in [0.15, 0.2) is 0 Å². The van der Waals surface area contributed by atoms with Crippen molar-refractivity contribution < 1.29 is 9.90 Å². The smallest absolute Gasteiger partial charge is 0.262 e. The average molecular weight is 263 g/mol. The van der Waals surface area contributed by atoms with Gasteiger partial charge >= 0.3 is 0 Å². The Hall–Kier alpha value is -2.07. The third-order valence-electron chi connectivity index (χ3n) is 2.49. The molecule has 1 amide bonds. The predicted molar refractivity (Wildman–Crippen MR) is 70.1 cm³/mol. The van der Waals surface area contributed by atoms with E-state index >= 15 is 0 Å². The number of carbonyl (C=O) groups is 1. The minimum Gasteiger partial charge on any atom is -0.507 e. The van der Waals surface area contributed by atoms with Gasteiger partial charge in [-0.1, -0.05) is 17.7 Å². The fourth-order valence-electron chi connectivity index (χ4n) is 1.52. The molecular weight excluding hydrogens is 252 g/mol. The second-order valence-corrected chi connectivity index (χ2v) is 4.15. The molecule has 0 saturated heterocycles. The summed E-state index contributed by atoms with van der Waals surface area (Å²) in [6.07, 6.45) is 1.59. The van der Waals surface area contributed by atoms with E-state index in [1.54, 1.807) is 31.4 Å². The second-order valence-electron chi connectivity index (χ2n) is 3.71. The highest BCUT2D eigenvalue weighted by atomic mass is 35.5. The number of phenols is 1. The SMILES string of the molecule is CN(C(=O)c1cc(Cl)ccc1O)c1ccccn1. The number of aromatic hydroxyl groups is 1. The first kappa shape index (κ1) is 12.4. The molecule has 0 saturated carbocycles. The molecule has 2 rings (SSSR count). The molecule has 5 heteroatoms. The molecule has 4 nitrogen and oxygen atoms in total. The van der Waals surface area contributed by atoms with Crippen LogP contribution in [0.4, 0.5) is 5.82 Å². The summed E-state index contributed by atoms with van der Waals surface area (Å²) in [4.78, 5) is 17.6. The zero-order valence-corrected chi connectivity index (χ0v) is 10.4. The second kappa shape index (κ2) is 5.06. The van der Waals surface area contributed by atoms with E-state index in [0.29, 0.717) is 10.8 Å². The van der Waals surface area contributed by atoms with E-state index in [4.69, 9.17) is 11.6 Å². The molecule has 18 heavy (non-hydrogen) atoms. The van der Waals surface area contributed by atoms with E-state index in [1.807, 2.05) is 0 Å². The fourth-order valence-corrected chi connectivity index (χ4v) is 1.69. The molecule has 0 spiro atoms. The summed E-state index contributed by atoms with van der Waals surface area (Å²) in [5.41, 5.74) is 0.149. The molecule has 0 unspecified atom stereocenters. The van der Waals surface area contributed by atoms with Gasteiger partial charge in [0.05, 0.1) is 5.56 Å². The molecule has 2 aromatic rings. The molecule has 1 N–H and O–H groups in total. The maximum absolute atomic E-state index is 12.2. The third kappa shape index (κ3) is 2.43. The van der Waals surface area contributed by atoms with Crippen molar-refractivity contribution in [3.8, 4) is 5.75 Å². The molecule has 1 aromatic heterocycles. The number of pyridine rings is 1. The Bertz CT molecular complexity index is 572. The number of hydrogen-bond acceptors (Lipinski definition) is 3. The van der Waals surface area contributed by atoms with Crippen LogP contribution in [0.15, 0.2) is 42.6 Å². The lowest BCUT2D eigenvalue weighted by Crippen LogP contribution is -2.27. The Morgan fingerprint density at radius 3 is 2.78 bits per heavy atom. The summed E-state index contributed by atoms with van der Waals surface area (Å²) in [7, 11) is 1.59. The highest BCUT2D eigenvalue weighted by Crippen LogP contribution is 2.23. The van der Waals surface area contributed by atoms with Crippen LogP contribution in [0.5, 0.6) is 5.75 Å². The molecular formula is C13H11ClN2O2. The van der Waals surface area contributed by atoms with E-state index < -0.39 is 0 Å². The van der Waals surface area contributed by atoms with Crippen LogP contribution in [0.25, 0.3) is 0 Å². The number of rotatable bonds is 2. The predicted octanol–water partition coefficient (Wildman–Crippen LogP) is 2.72. The van der Waals surface area contributed by atoms with Gasteiger partial charge in [-0.3, -0.25) is 9.69 Å². The van der Waals surface area contributed by atoms with E-state index in [0.717, 1.165) is 0 Å². The first-order valence-electron chi connectivity index (χ1n) is 5.27. The van der Waals surface area contributed by atoms with E-state index in [-0.39, 0.29) is 17.2 Å². The molecule has 0 atom stereocenters. The topological polar surface area (TPSA) is 53.4 Å². The van der Waals surface area contributed by atoms with E-state index in [2.05, 4.69) is 4.98 Å². The van der Waals surface area contributed by atoms with Crippen LogP contribution >= 0.6 is 11.6 Å². The number of anilines is 1. The Morgan fingerprint density at radius 2 is 2.11 bits per heavy atom. The van der Waals surface area contributed by atoms with Crippen molar-refractivity contribution in [2.24, 2.45) is 0 Å². The van der Waals surface area contributed by atoms with Gasteiger partial charge in [0, 0.05) is 18.3 Å². The van der Waals surface area contributed by atoms with Gasteiger partial charge in [-0.15, -0.1) is 0 Å². The number of halogens is 1. The van der Waals surface area contributed by atoms with Crippen molar-refractivity contribution in [1.82, 2.24) is 4.98 Å². The molecule has 0 bridgehead atoms. The first-order valence-corrected chi connectivity index (χ1v) is 5.65. The third-order valence-corrected chi connectivity index (χ3v) is 2.72. The zero-order valence-electron chi connectivity index (χ0n) is 9.67. The van der Waals surface area contributed by atoms with Crippen molar-refractivity contribution in [1.29, 1.82) is 0 Å². The Balaban J connectivity index is 2.34. The minimum absolute atomic E-state index is 0.104. The number of aromatic nitrogens is 1. The first-order chi connectivity index (χ1) is 8.59. The monoisotopic (exact) mass is 262 g/mol. The van der Waals surface area contributed by atoms with Crippen LogP contribution in [0.1, 0.15) is 10.4 Å². The lowest BCUT2D eigenvalue weighted by Gasteiger charge is -2.16. The van der Waals surface area contributed by atoms with Crippen molar-refractivity contribution in [2.45, 2.75) is 0 Å². The summed E-state index contributed by atoms with van der Waals surface area (Å²) in [5, 5.41) is 10.1. The maximum Gasteiger partial charge on any atom is 0.262 e. The standard InChI is InChI=1S/C13H11ClN2O2/c1-16(12-4-2-3-7-15-12)13(18)10-8-9(14)5-6-11(10)17/h2-8,17H,1H3. The lowest BCUT2D eigenvalue weighted by atomic mass is 10.2. The summed E-state index contributed by atoms with van der Waals surface area (Å²) in [6.45, 7) is 0. The highest BCUT2D eigenvalue weighted by Gasteiger charge is 2.18. The fraction of sp³-hybridized carbons (Fsp3) is 0.0769. The van der Waals surface area contributed by atoms with Gasteiger partial charge in [0.25, 0.3) is 5.91 Å². The maximum atomic E-state index is 12.2. The van der Waals surface area contributed by atoms with E-state index in [1.165, 1.54) is 23.1 Å². The number of phenolic OH excluding ortho intramolecular Hbond substituents is 1. The van der Waals surface area contributed by atoms with Gasteiger partial charge in [-0.2, -0.15) is 0 Å². The molecule has 0 fully saturated rings. The zero-order chi connectivity index (χ0) is 13.1. The highest BCUT2D eigenvalue weighted by molar-refractivity contribution is 6.31. The van der Waals surface area contributed by atoms with Crippen LogP contribution in [0, 0.1) is 0 Å². The molecule has 0 aliphatic heterocycles. The Morgan fingerprint density at radius 1 is 1.33 bits per heavy atom. The van der Waals surface area contributed by atoms with Crippen LogP contribution < -0.4 is 4.90 Å². The van der Waals surface area contributed by atoms with Crippen LogP contribution in [0.2, 0.25) is 5.02 Å². The summed E-state index contributed by atoms with van der Waals surface area (Å²) >= 11 is 5.81. The molecule has 1 aromatic carbocycles. The van der Waals surface area contributed by atoms with Crippen LogP contribution in [-0.4, -0.2) is 23.0 Å². The largest absolute Gasteiger partial charge is 0.507 e. The van der Waals surface area contributed by atoms with Crippen molar-refractivity contribution >= 4 is 23.3 Å². The normalized spacial score (nSPS) is 10.1. The van der Waals surface area contributed by atoms with Crippen molar-refractivity contribution in [3.63, 3.8) is 0 Å². The van der Waals surface area contributed by atoms with Crippen molar-refractivity contribution in [3.05, 3.63) is 53.2 Å². The molecule has 0 aliphatic carbocycles. The summed E-state index contributed by atoms with van der Waals surface area (Å²) in [5.74, 6) is 0.0303. The minimum atomic E-state index is -0.367. The van der Waals surface area contributed by atoms with Gasteiger partial charge in [-0.05, 0) is 30.3 Å². The van der Waals surface area contributed by atoms with Gasteiger partial charge in [-0.25, -0.2) is 4.98 Å². The van der Waals surface area contributed by atoms with Crippen molar-refractivity contribution in [2.75, 3.05) is 11.9 Å². The van der Waals surface area contributed by atoms with Gasteiger partial charge in [0.2, 0.25) is 0 Å². The summed E-state index contributed by atoms with van der Waals surface area (Å²) < 4.78 is 0. The quantitative estimate of drug-likeness (QED) is 0.905. The lowest BCUT2D eigenvalue weighted by molar-refractivity contribution is 0.0989. The average Bonchev–Trinajstić information content (AvgIpc) is 2.41. The number of hydrogen-bond donors (Lipinski definition) is 1. The molecule has 1 heterocycles. The number of carbonyl (C=O) groups excluding carboxylic acids is 1. The van der Waals surface area contributed by atoms with Gasteiger partial charge < -0.3 is 5.11 Å². The Kier molecular flexibility index (Phi) is 3.48. The van der Waals surface area contributed by atoms with Gasteiger partial charge in [0.1, 0.15) is 11.6 Å². The number of amides is 1. The number of benzene rings is 1. The summed E-state index contributed by atoms with van der Waals surface area (Å²) in [6, 6.07) is 9.59. The van der Waals surface area contributed by atoms with Crippen LogP contribution in [-0.2, 0) is 0 Å². The molecule has 0 radical (unpaired) electrons. The molecule has 0 aliphatic rings.